The zero-order valence-electron chi connectivity index (χ0n) is 13.1. The Morgan fingerprint density at radius 2 is 1.52 bits per heavy atom. The maximum atomic E-state index is 12.5. The van der Waals surface area contributed by atoms with Crippen molar-refractivity contribution in [1.29, 1.82) is 0 Å². The van der Waals surface area contributed by atoms with Gasteiger partial charge in [0.15, 0.2) is 17.5 Å². The number of quaternary nitrogens is 1. The Balaban J connectivity index is 0.000000231. The van der Waals surface area contributed by atoms with Gasteiger partial charge in [-0.15, -0.1) is 0 Å². The van der Waals surface area contributed by atoms with E-state index < -0.39 is 29.0 Å². The zero-order chi connectivity index (χ0) is 17.6. The lowest BCUT2D eigenvalue weighted by molar-refractivity contribution is -0.884. The van der Waals surface area contributed by atoms with E-state index in [4.69, 9.17) is 0 Å². The van der Waals surface area contributed by atoms with Crippen LogP contribution < -0.4 is 5.11 Å². The van der Waals surface area contributed by atoms with Crippen molar-refractivity contribution in [2.24, 2.45) is 0 Å². The molecule has 0 aliphatic rings. The molecule has 0 aliphatic heterocycles. The lowest BCUT2D eigenvalue weighted by atomic mass is 10.2. The van der Waals surface area contributed by atoms with Gasteiger partial charge in [0, 0.05) is 11.1 Å². The lowest BCUT2D eigenvalue weighted by Crippen LogP contribution is -2.33. The SMILES string of the molecule is C[N+](C)(C)Cc1ccccc1.O=C([O-])c1ccc(F)c(F)c1F. The topological polar surface area (TPSA) is 40.1 Å². The van der Waals surface area contributed by atoms with Crippen molar-refractivity contribution in [1.82, 2.24) is 0 Å². The molecule has 2 rings (SSSR count). The second kappa shape index (κ2) is 7.78. The molecule has 0 fully saturated rings. The summed E-state index contributed by atoms with van der Waals surface area (Å²) >= 11 is 0. The Morgan fingerprint density at radius 1 is 0.957 bits per heavy atom. The van der Waals surface area contributed by atoms with E-state index in [1.54, 1.807) is 0 Å². The average Bonchev–Trinajstić information content (AvgIpc) is 2.44. The zero-order valence-corrected chi connectivity index (χ0v) is 13.1. The quantitative estimate of drug-likeness (QED) is 0.642. The summed E-state index contributed by atoms with van der Waals surface area (Å²) in [5.74, 6) is -6.87. The summed E-state index contributed by atoms with van der Waals surface area (Å²) in [5, 5.41) is 10.0. The van der Waals surface area contributed by atoms with Crippen LogP contribution in [0, 0.1) is 17.5 Å². The molecule has 124 valence electrons. The lowest BCUT2D eigenvalue weighted by Gasteiger charge is -2.23. The molecule has 6 heteroatoms. The van der Waals surface area contributed by atoms with Crippen LogP contribution >= 0.6 is 0 Å². The Kier molecular flexibility index (Phi) is 6.33. The van der Waals surface area contributed by atoms with Crippen molar-refractivity contribution in [2.45, 2.75) is 6.54 Å². The van der Waals surface area contributed by atoms with Crippen molar-refractivity contribution < 1.29 is 27.6 Å². The van der Waals surface area contributed by atoms with E-state index in [0.717, 1.165) is 11.0 Å². The minimum atomic E-state index is -1.88. The van der Waals surface area contributed by atoms with Crippen molar-refractivity contribution in [3.05, 3.63) is 71.0 Å². The Hall–Kier alpha value is -2.34. The van der Waals surface area contributed by atoms with Crippen LogP contribution in [0.15, 0.2) is 42.5 Å². The monoisotopic (exact) mass is 325 g/mol. The average molecular weight is 325 g/mol. The number of carbonyl (C=O) groups is 1. The summed E-state index contributed by atoms with van der Waals surface area (Å²) in [6.45, 7) is 1.10. The normalized spacial score (nSPS) is 10.7. The molecule has 0 radical (unpaired) electrons. The summed E-state index contributed by atoms with van der Waals surface area (Å²) < 4.78 is 38.0. The second-order valence-corrected chi connectivity index (χ2v) is 5.94. The number of carboxylic acids is 1. The summed E-state index contributed by atoms with van der Waals surface area (Å²) in [4.78, 5) is 10.0. The maximum absolute atomic E-state index is 12.5. The largest absolute Gasteiger partial charge is 0.545 e. The van der Waals surface area contributed by atoms with Gasteiger partial charge in [0.05, 0.1) is 27.1 Å². The molecule has 0 saturated heterocycles. The third-order valence-corrected chi connectivity index (χ3v) is 2.75. The highest BCUT2D eigenvalue weighted by molar-refractivity contribution is 5.86. The Morgan fingerprint density at radius 3 is 2.00 bits per heavy atom. The number of rotatable bonds is 3. The molecule has 3 nitrogen and oxygen atoms in total. The molecule has 23 heavy (non-hydrogen) atoms. The Labute approximate surface area is 133 Å². The highest BCUT2D eigenvalue weighted by atomic mass is 19.2. The smallest absolute Gasteiger partial charge is 0.195 e. The second-order valence-electron chi connectivity index (χ2n) is 5.94. The van der Waals surface area contributed by atoms with Crippen LogP contribution in [0.2, 0.25) is 0 Å². The molecule has 2 aromatic carbocycles. The number of carbonyl (C=O) groups excluding carboxylic acids is 1. The van der Waals surface area contributed by atoms with Crippen LogP contribution in [-0.4, -0.2) is 31.6 Å². The van der Waals surface area contributed by atoms with Crippen LogP contribution in [0.5, 0.6) is 0 Å². The summed E-state index contributed by atoms with van der Waals surface area (Å²) in [6, 6.07) is 11.7. The van der Waals surface area contributed by atoms with Gasteiger partial charge >= 0.3 is 0 Å². The first-order valence-electron chi connectivity index (χ1n) is 6.81. The van der Waals surface area contributed by atoms with Crippen LogP contribution in [0.25, 0.3) is 0 Å². The van der Waals surface area contributed by atoms with Crippen LogP contribution in [0.3, 0.4) is 0 Å². The van der Waals surface area contributed by atoms with Gasteiger partial charge in [-0.25, -0.2) is 13.2 Å². The number of hydrogen-bond donors (Lipinski definition) is 0. The molecule has 0 aliphatic carbocycles. The fraction of sp³-hybridized carbons (Fsp3) is 0.235. The van der Waals surface area contributed by atoms with E-state index in [-0.39, 0.29) is 0 Å². The highest BCUT2D eigenvalue weighted by Crippen LogP contribution is 2.14. The molecule has 0 spiro atoms. The molecular formula is C17H18F3NO2. The van der Waals surface area contributed by atoms with Crippen LogP contribution in [0.4, 0.5) is 13.2 Å². The first-order chi connectivity index (χ1) is 10.6. The minimum Gasteiger partial charge on any atom is -0.545 e. The predicted molar refractivity (Wildman–Crippen MR) is 78.8 cm³/mol. The van der Waals surface area contributed by atoms with Crippen molar-refractivity contribution in [3.63, 3.8) is 0 Å². The number of carboxylic acid groups (broad SMARTS) is 1. The first kappa shape index (κ1) is 18.7. The fourth-order valence-corrected chi connectivity index (χ4v) is 1.81. The van der Waals surface area contributed by atoms with Gasteiger partial charge in [0.1, 0.15) is 6.54 Å². The molecule has 0 aromatic heterocycles. The summed E-state index contributed by atoms with van der Waals surface area (Å²) in [6.07, 6.45) is 0. The minimum absolute atomic E-state index is 0.517. The summed E-state index contributed by atoms with van der Waals surface area (Å²) in [5.41, 5.74) is 0.411. The van der Waals surface area contributed by atoms with E-state index in [0.29, 0.717) is 12.1 Å². The highest BCUT2D eigenvalue weighted by Gasteiger charge is 2.13. The number of benzene rings is 2. The molecular weight excluding hydrogens is 307 g/mol. The third kappa shape index (κ3) is 6.12. The van der Waals surface area contributed by atoms with Crippen LogP contribution in [0.1, 0.15) is 15.9 Å². The maximum Gasteiger partial charge on any atom is 0.195 e. The van der Waals surface area contributed by atoms with Gasteiger partial charge < -0.3 is 14.4 Å². The van der Waals surface area contributed by atoms with Crippen molar-refractivity contribution in [3.8, 4) is 0 Å². The molecule has 2 aromatic rings. The number of nitrogens with zero attached hydrogens (tertiary/aromatic N) is 1. The third-order valence-electron chi connectivity index (χ3n) is 2.75. The summed E-state index contributed by atoms with van der Waals surface area (Å²) in [7, 11) is 6.60. The molecule has 0 bridgehead atoms. The fourth-order valence-electron chi connectivity index (χ4n) is 1.81. The van der Waals surface area contributed by atoms with Crippen molar-refractivity contribution >= 4 is 5.97 Å². The molecule has 0 unspecified atom stereocenters. The van der Waals surface area contributed by atoms with Crippen molar-refractivity contribution in [2.75, 3.05) is 21.1 Å². The van der Waals surface area contributed by atoms with E-state index >= 15 is 0 Å². The first-order valence-corrected chi connectivity index (χ1v) is 6.81. The van der Waals surface area contributed by atoms with E-state index in [1.807, 2.05) is 0 Å². The molecule has 0 N–H and O–H groups in total. The van der Waals surface area contributed by atoms with E-state index in [2.05, 4.69) is 51.5 Å². The van der Waals surface area contributed by atoms with Gasteiger partial charge in [0.2, 0.25) is 0 Å². The molecule has 0 atom stereocenters. The number of aromatic carboxylic acids is 1. The van der Waals surface area contributed by atoms with Gasteiger partial charge in [-0.3, -0.25) is 0 Å². The van der Waals surface area contributed by atoms with E-state index in [9.17, 15) is 23.1 Å². The van der Waals surface area contributed by atoms with Gasteiger partial charge in [0.25, 0.3) is 0 Å². The molecule has 0 heterocycles. The predicted octanol–water partition coefficient (Wildman–Crippen LogP) is 2.36. The van der Waals surface area contributed by atoms with Gasteiger partial charge in [-0.2, -0.15) is 0 Å². The Bertz CT molecular complexity index is 668. The standard InChI is InChI=1S/C10H16N.C7H3F3O2/c1-11(2,3)9-10-7-5-4-6-8-10;8-4-2-1-3(7(11)12)5(9)6(4)10/h4-8H,9H2,1-3H3;1-2H,(H,11,12)/q+1;/p-1. The van der Waals surface area contributed by atoms with Gasteiger partial charge in [-0.05, 0) is 12.1 Å². The molecule has 0 saturated carbocycles. The van der Waals surface area contributed by atoms with E-state index in [1.165, 1.54) is 5.56 Å². The van der Waals surface area contributed by atoms with Crippen LogP contribution in [-0.2, 0) is 6.54 Å². The number of halogens is 3. The number of hydrogen-bond acceptors (Lipinski definition) is 2. The molecule has 0 amide bonds. The van der Waals surface area contributed by atoms with Gasteiger partial charge in [-0.1, -0.05) is 30.3 Å².